The van der Waals surface area contributed by atoms with Crippen molar-refractivity contribution in [3.8, 4) is 0 Å². The molecule has 0 spiro atoms. The van der Waals surface area contributed by atoms with Crippen molar-refractivity contribution in [2.75, 3.05) is 31.6 Å². The molecule has 0 unspecified atom stereocenters. The summed E-state index contributed by atoms with van der Waals surface area (Å²) in [6.45, 7) is 6.33. The summed E-state index contributed by atoms with van der Waals surface area (Å²) in [5, 5.41) is 3.41. The van der Waals surface area contributed by atoms with E-state index in [1.165, 1.54) is 16.9 Å². The number of carbonyl (C=O) groups excluding carboxylic acids is 2. The summed E-state index contributed by atoms with van der Waals surface area (Å²) in [5.74, 6) is -0.217. The summed E-state index contributed by atoms with van der Waals surface area (Å²) >= 11 is 1.46. The summed E-state index contributed by atoms with van der Waals surface area (Å²) in [6.07, 6.45) is 0.328. The normalized spacial score (nSPS) is 14.7. The molecule has 1 aromatic heterocycles. The second-order valence-corrected chi connectivity index (χ2v) is 8.58. The van der Waals surface area contributed by atoms with Crippen LogP contribution in [0.3, 0.4) is 0 Å². The van der Waals surface area contributed by atoms with Crippen LogP contribution in [-0.4, -0.2) is 47.9 Å². The number of aryl methyl sites for hydroxylation is 1. The maximum Gasteiger partial charge on any atom is 0.226 e. The number of rotatable bonds is 7. The molecule has 30 heavy (non-hydrogen) atoms. The van der Waals surface area contributed by atoms with Crippen molar-refractivity contribution in [3.63, 3.8) is 0 Å². The van der Waals surface area contributed by atoms with Crippen molar-refractivity contribution in [1.82, 2.24) is 9.88 Å². The molecule has 156 valence electrons. The Morgan fingerprint density at radius 2 is 1.87 bits per heavy atom. The van der Waals surface area contributed by atoms with Gasteiger partial charge in [-0.2, -0.15) is 0 Å². The highest BCUT2D eigenvalue weighted by Gasteiger charge is 2.14. The predicted octanol–water partition coefficient (Wildman–Crippen LogP) is 4.04. The summed E-state index contributed by atoms with van der Waals surface area (Å²) in [6, 6.07) is 13.6. The molecular formula is C23H25N3O3S. The standard InChI is InChI=1S/C23H25N3O3S/c1-16-2-5-18(6-3-16)20(27)8-9-22(28)25-23-24-19-7-4-17(14-21(19)30-23)15-26-10-12-29-13-11-26/h2-7,14H,8-13,15H2,1H3,(H,24,25,28). The van der Waals surface area contributed by atoms with E-state index in [2.05, 4.69) is 27.3 Å². The van der Waals surface area contributed by atoms with E-state index in [4.69, 9.17) is 4.74 Å². The van der Waals surface area contributed by atoms with Crippen LogP contribution in [-0.2, 0) is 16.1 Å². The first-order valence-corrected chi connectivity index (χ1v) is 11.0. The second kappa shape index (κ2) is 9.47. The summed E-state index contributed by atoms with van der Waals surface area (Å²) in [5.41, 5.74) is 3.85. The number of fused-ring (bicyclic) bond motifs is 1. The molecule has 1 N–H and O–H groups in total. The first-order chi connectivity index (χ1) is 14.6. The number of amides is 1. The third-order valence-electron chi connectivity index (χ3n) is 5.16. The highest BCUT2D eigenvalue weighted by molar-refractivity contribution is 7.22. The number of ether oxygens (including phenoxy) is 1. The van der Waals surface area contributed by atoms with E-state index in [1.54, 1.807) is 12.1 Å². The van der Waals surface area contributed by atoms with Gasteiger partial charge in [0.05, 0.1) is 23.4 Å². The largest absolute Gasteiger partial charge is 0.379 e. The molecule has 4 rings (SSSR count). The average Bonchev–Trinajstić information content (AvgIpc) is 3.14. The number of hydrogen-bond donors (Lipinski definition) is 1. The van der Waals surface area contributed by atoms with Gasteiger partial charge in [0.1, 0.15) is 0 Å². The van der Waals surface area contributed by atoms with Gasteiger partial charge in [0.15, 0.2) is 10.9 Å². The van der Waals surface area contributed by atoms with Crippen LogP contribution in [0.5, 0.6) is 0 Å². The fourth-order valence-corrected chi connectivity index (χ4v) is 4.38. The fraction of sp³-hybridized carbons (Fsp3) is 0.348. The van der Waals surface area contributed by atoms with E-state index in [0.29, 0.717) is 10.7 Å². The van der Waals surface area contributed by atoms with Gasteiger partial charge in [-0.3, -0.25) is 14.5 Å². The molecule has 0 saturated carbocycles. The Balaban J connectivity index is 1.33. The molecule has 2 heterocycles. The zero-order chi connectivity index (χ0) is 20.9. The fourth-order valence-electron chi connectivity index (χ4n) is 3.43. The lowest BCUT2D eigenvalue weighted by molar-refractivity contribution is -0.116. The number of hydrogen-bond acceptors (Lipinski definition) is 6. The number of ketones is 1. The van der Waals surface area contributed by atoms with Gasteiger partial charge in [-0.25, -0.2) is 4.98 Å². The number of nitrogens with zero attached hydrogens (tertiary/aromatic N) is 2. The van der Waals surface area contributed by atoms with Crippen molar-refractivity contribution in [1.29, 1.82) is 0 Å². The van der Waals surface area contributed by atoms with Crippen LogP contribution in [0.1, 0.15) is 34.3 Å². The lowest BCUT2D eigenvalue weighted by Gasteiger charge is -2.26. The topological polar surface area (TPSA) is 71.5 Å². The molecule has 0 atom stereocenters. The van der Waals surface area contributed by atoms with E-state index in [9.17, 15) is 9.59 Å². The number of nitrogens with one attached hydrogen (secondary N) is 1. The zero-order valence-electron chi connectivity index (χ0n) is 17.0. The minimum absolute atomic E-state index is 0.0257. The van der Waals surface area contributed by atoms with E-state index in [1.807, 2.05) is 25.1 Å². The Morgan fingerprint density at radius 1 is 1.10 bits per heavy atom. The first-order valence-electron chi connectivity index (χ1n) is 10.2. The van der Waals surface area contributed by atoms with Crippen LogP contribution in [0.25, 0.3) is 10.2 Å². The van der Waals surface area contributed by atoms with Crippen LogP contribution < -0.4 is 5.32 Å². The Hall–Kier alpha value is -2.61. The smallest absolute Gasteiger partial charge is 0.226 e. The highest BCUT2D eigenvalue weighted by Crippen LogP contribution is 2.27. The van der Waals surface area contributed by atoms with E-state index < -0.39 is 0 Å². The molecule has 1 amide bonds. The Morgan fingerprint density at radius 3 is 2.63 bits per heavy atom. The van der Waals surface area contributed by atoms with Gasteiger partial charge in [-0.15, -0.1) is 0 Å². The van der Waals surface area contributed by atoms with Gasteiger partial charge in [-0.1, -0.05) is 47.2 Å². The molecule has 0 radical (unpaired) electrons. The number of carbonyl (C=O) groups is 2. The van der Waals surface area contributed by atoms with Crippen molar-refractivity contribution in [2.24, 2.45) is 0 Å². The number of thiazole rings is 1. The highest BCUT2D eigenvalue weighted by atomic mass is 32.1. The lowest BCUT2D eigenvalue weighted by Crippen LogP contribution is -2.35. The van der Waals surface area contributed by atoms with Gasteiger partial charge in [0.25, 0.3) is 0 Å². The molecule has 3 aromatic rings. The molecule has 0 bridgehead atoms. The van der Waals surface area contributed by atoms with Crippen LogP contribution in [0.15, 0.2) is 42.5 Å². The molecule has 1 saturated heterocycles. The van der Waals surface area contributed by atoms with E-state index >= 15 is 0 Å². The Bertz CT molecular complexity index is 1040. The van der Waals surface area contributed by atoms with Gasteiger partial charge in [0.2, 0.25) is 5.91 Å². The molecule has 7 heteroatoms. The maximum absolute atomic E-state index is 12.3. The monoisotopic (exact) mass is 423 g/mol. The van der Waals surface area contributed by atoms with E-state index in [-0.39, 0.29) is 24.5 Å². The van der Waals surface area contributed by atoms with Crippen LogP contribution in [0.4, 0.5) is 5.13 Å². The Labute approximate surface area is 179 Å². The minimum atomic E-state index is -0.192. The number of morpholine rings is 1. The summed E-state index contributed by atoms with van der Waals surface area (Å²) in [4.78, 5) is 31.4. The van der Waals surface area contributed by atoms with Gasteiger partial charge >= 0.3 is 0 Å². The molecule has 1 fully saturated rings. The molecule has 2 aromatic carbocycles. The minimum Gasteiger partial charge on any atom is -0.379 e. The van der Waals surface area contributed by atoms with Gasteiger partial charge in [-0.05, 0) is 24.6 Å². The second-order valence-electron chi connectivity index (χ2n) is 7.55. The predicted molar refractivity (Wildman–Crippen MR) is 119 cm³/mol. The maximum atomic E-state index is 12.3. The first kappa shape index (κ1) is 20.7. The van der Waals surface area contributed by atoms with Crippen molar-refractivity contribution in [2.45, 2.75) is 26.3 Å². The molecule has 0 aliphatic carbocycles. The zero-order valence-corrected chi connectivity index (χ0v) is 17.8. The van der Waals surface area contributed by atoms with E-state index in [0.717, 1.165) is 48.6 Å². The van der Waals surface area contributed by atoms with Crippen molar-refractivity contribution < 1.29 is 14.3 Å². The summed E-state index contributed by atoms with van der Waals surface area (Å²) < 4.78 is 6.45. The Kier molecular flexibility index (Phi) is 6.52. The van der Waals surface area contributed by atoms with Gasteiger partial charge < -0.3 is 10.1 Å². The lowest BCUT2D eigenvalue weighted by atomic mass is 10.1. The van der Waals surface area contributed by atoms with Gasteiger partial charge in [0, 0.05) is 38.0 Å². The van der Waals surface area contributed by atoms with Crippen LogP contribution in [0.2, 0.25) is 0 Å². The number of benzene rings is 2. The molecule has 1 aliphatic rings. The third kappa shape index (κ3) is 5.30. The van der Waals surface area contributed by atoms with Crippen LogP contribution >= 0.6 is 11.3 Å². The van der Waals surface area contributed by atoms with Crippen molar-refractivity contribution in [3.05, 3.63) is 59.2 Å². The molecular weight excluding hydrogens is 398 g/mol. The quantitative estimate of drug-likeness (QED) is 0.581. The SMILES string of the molecule is Cc1ccc(C(=O)CCC(=O)Nc2nc3ccc(CN4CCOCC4)cc3s2)cc1. The molecule has 6 nitrogen and oxygen atoms in total. The third-order valence-corrected chi connectivity index (χ3v) is 6.10. The number of anilines is 1. The molecule has 1 aliphatic heterocycles. The number of aromatic nitrogens is 1. The summed E-state index contributed by atoms with van der Waals surface area (Å²) in [7, 11) is 0. The average molecular weight is 424 g/mol. The van der Waals surface area contributed by atoms with Crippen LogP contribution in [0, 0.1) is 6.92 Å². The van der Waals surface area contributed by atoms with Crippen molar-refractivity contribution >= 4 is 38.4 Å². The number of Topliss-reactive ketones (excluding diaryl/α,β-unsaturated/α-hetero) is 1.